The van der Waals surface area contributed by atoms with Gasteiger partial charge in [-0.2, -0.15) is 0 Å². The van der Waals surface area contributed by atoms with Crippen LogP contribution in [0, 0.1) is 12.8 Å². The van der Waals surface area contributed by atoms with Crippen molar-refractivity contribution in [1.82, 2.24) is 15.3 Å². The highest BCUT2D eigenvalue weighted by Gasteiger charge is 2.27. The lowest BCUT2D eigenvalue weighted by atomic mass is 9.97. The van der Waals surface area contributed by atoms with Crippen LogP contribution >= 0.6 is 11.8 Å². The highest BCUT2D eigenvalue weighted by molar-refractivity contribution is 7.98. The molecule has 6 heteroatoms. The van der Waals surface area contributed by atoms with Gasteiger partial charge in [0.25, 0.3) is 0 Å². The molecule has 5 nitrogen and oxygen atoms in total. The number of aryl methyl sites for hydroxylation is 1. The minimum Gasteiger partial charge on any atom is -0.352 e. The maximum absolute atomic E-state index is 12.8. The number of carbonyl (C=O) groups is 1. The maximum Gasteiger partial charge on any atom is 0.225 e. The van der Waals surface area contributed by atoms with Gasteiger partial charge in [-0.3, -0.25) is 4.79 Å². The number of benzene rings is 2. The van der Waals surface area contributed by atoms with Crippen LogP contribution in [0.25, 0.3) is 11.1 Å². The summed E-state index contributed by atoms with van der Waals surface area (Å²) in [4.78, 5) is 25.3. The lowest BCUT2D eigenvalue weighted by Gasteiger charge is -2.32. The molecule has 1 aliphatic rings. The van der Waals surface area contributed by atoms with Crippen LogP contribution in [0.3, 0.4) is 0 Å². The number of carbonyl (C=O) groups excluding carboxylic acids is 1. The quantitative estimate of drug-likeness (QED) is 0.572. The van der Waals surface area contributed by atoms with E-state index in [4.69, 9.17) is 0 Å². The Morgan fingerprint density at radius 3 is 2.45 bits per heavy atom. The van der Waals surface area contributed by atoms with Crippen molar-refractivity contribution in [1.29, 1.82) is 0 Å². The molecule has 0 spiro atoms. The number of amides is 1. The molecule has 2 aromatic carbocycles. The van der Waals surface area contributed by atoms with Crippen molar-refractivity contribution in [2.75, 3.05) is 24.2 Å². The molecule has 1 aliphatic heterocycles. The van der Waals surface area contributed by atoms with Crippen molar-refractivity contribution in [3.05, 3.63) is 72.1 Å². The number of nitrogens with one attached hydrogen (secondary N) is 1. The zero-order chi connectivity index (χ0) is 21.6. The molecule has 0 aliphatic carbocycles. The van der Waals surface area contributed by atoms with E-state index < -0.39 is 0 Å². The molecule has 1 fully saturated rings. The molecule has 4 rings (SSSR count). The fourth-order valence-corrected chi connectivity index (χ4v) is 4.24. The Labute approximate surface area is 188 Å². The Morgan fingerprint density at radius 1 is 1.06 bits per heavy atom. The van der Waals surface area contributed by atoms with E-state index in [1.807, 2.05) is 12.4 Å². The fraction of sp³-hybridized carbons (Fsp3) is 0.320. The number of hydrogen-bond donors (Lipinski definition) is 1. The van der Waals surface area contributed by atoms with Gasteiger partial charge in [-0.25, -0.2) is 9.97 Å². The van der Waals surface area contributed by atoms with Gasteiger partial charge in [-0.1, -0.05) is 42.0 Å². The third-order valence-electron chi connectivity index (χ3n) is 5.72. The van der Waals surface area contributed by atoms with Gasteiger partial charge in [0.2, 0.25) is 11.9 Å². The minimum atomic E-state index is -0.0420. The van der Waals surface area contributed by atoms with Gasteiger partial charge in [0.1, 0.15) is 0 Å². The zero-order valence-electron chi connectivity index (χ0n) is 18.0. The van der Waals surface area contributed by atoms with Crippen LogP contribution < -0.4 is 10.2 Å². The van der Waals surface area contributed by atoms with Crippen LogP contribution in [-0.4, -0.2) is 35.2 Å². The fourth-order valence-electron chi connectivity index (χ4n) is 3.83. The summed E-state index contributed by atoms with van der Waals surface area (Å²) in [6.07, 6.45) is 7.66. The normalized spacial score (nSPS) is 16.2. The minimum absolute atomic E-state index is 0.0420. The molecule has 2 heterocycles. The number of rotatable bonds is 6. The Bertz CT molecular complexity index is 1000. The number of hydrogen-bond acceptors (Lipinski definition) is 5. The van der Waals surface area contributed by atoms with E-state index in [1.54, 1.807) is 11.8 Å². The first-order chi connectivity index (χ1) is 15.1. The SMILES string of the molecule is CSc1ccc(CNC(=O)[C@H]2CCCN(c3ncc(-c4ccc(C)cc4)cn3)C2)cc1. The number of thioether (sulfide) groups is 1. The zero-order valence-corrected chi connectivity index (χ0v) is 18.9. The van der Waals surface area contributed by atoms with Crippen LogP contribution in [0.1, 0.15) is 24.0 Å². The molecular weight excluding hydrogens is 404 g/mol. The van der Waals surface area contributed by atoms with Gasteiger partial charge in [0, 0.05) is 42.5 Å². The van der Waals surface area contributed by atoms with Gasteiger partial charge in [0.05, 0.1) is 5.92 Å². The molecule has 1 atom stereocenters. The molecular formula is C25H28N4OS. The van der Waals surface area contributed by atoms with Gasteiger partial charge in [-0.15, -0.1) is 11.8 Å². The number of piperidine rings is 1. The van der Waals surface area contributed by atoms with Crippen molar-refractivity contribution < 1.29 is 4.79 Å². The summed E-state index contributed by atoms with van der Waals surface area (Å²) in [6, 6.07) is 16.7. The molecule has 0 saturated carbocycles. The van der Waals surface area contributed by atoms with E-state index in [1.165, 1.54) is 10.5 Å². The third kappa shape index (κ3) is 5.44. The molecule has 0 bridgehead atoms. The Hall–Kier alpha value is -2.86. The number of aromatic nitrogens is 2. The molecule has 31 heavy (non-hydrogen) atoms. The van der Waals surface area contributed by atoms with E-state index in [0.717, 1.165) is 36.1 Å². The predicted octanol–water partition coefficient (Wildman–Crippen LogP) is 4.71. The van der Waals surface area contributed by atoms with Crippen LogP contribution in [0.15, 0.2) is 65.8 Å². The maximum atomic E-state index is 12.8. The molecule has 1 N–H and O–H groups in total. The van der Waals surface area contributed by atoms with E-state index in [2.05, 4.69) is 81.9 Å². The summed E-state index contributed by atoms with van der Waals surface area (Å²) < 4.78 is 0. The summed E-state index contributed by atoms with van der Waals surface area (Å²) in [5, 5.41) is 3.10. The topological polar surface area (TPSA) is 58.1 Å². The van der Waals surface area contributed by atoms with E-state index in [0.29, 0.717) is 19.0 Å². The van der Waals surface area contributed by atoms with Crippen LogP contribution in [0.4, 0.5) is 5.95 Å². The van der Waals surface area contributed by atoms with Crippen molar-refractivity contribution in [2.24, 2.45) is 5.92 Å². The average Bonchev–Trinajstić information content (AvgIpc) is 2.83. The second-order valence-electron chi connectivity index (χ2n) is 7.99. The second kappa shape index (κ2) is 9.96. The van der Waals surface area contributed by atoms with Gasteiger partial charge >= 0.3 is 0 Å². The highest BCUT2D eigenvalue weighted by atomic mass is 32.2. The van der Waals surface area contributed by atoms with Crippen molar-refractivity contribution in [3.8, 4) is 11.1 Å². The molecule has 0 unspecified atom stereocenters. The predicted molar refractivity (Wildman–Crippen MR) is 127 cm³/mol. The van der Waals surface area contributed by atoms with E-state index >= 15 is 0 Å². The van der Waals surface area contributed by atoms with Gasteiger partial charge < -0.3 is 10.2 Å². The second-order valence-corrected chi connectivity index (χ2v) is 8.87. The summed E-state index contributed by atoms with van der Waals surface area (Å²) >= 11 is 1.72. The van der Waals surface area contributed by atoms with Crippen molar-refractivity contribution in [2.45, 2.75) is 31.2 Å². The first-order valence-electron chi connectivity index (χ1n) is 10.7. The van der Waals surface area contributed by atoms with Crippen LogP contribution in [0.2, 0.25) is 0 Å². The van der Waals surface area contributed by atoms with E-state index in [9.17, 15) is 4.79 Å². The molecule has 0 radical (unpaired) electrons. The largest absolute Gasteiger partial charge is 0.352 e. The summed E-state index contributed by atoms with van der Waals surface area (Å²) in [6.45, 7) is 4.17. The molecule has 1 aromatic heterocycles. The van der Waals surface area contributed by atoms with Gasteiger partial charge in [-0.05, 0) is 49.3 Å². The molecule has 160 valence electrons. The summed E-state index contributed by atoms with van der Waals surface area (Å²) in [5.74, 6) is 0.760. The van der Waals surface area contributed by atoms with Crippen molar-refractivity contribution in [3.63, 3.8) is 0 Å². The molecule has 1 saturated heterocycles. The Kier molecular flexibility index (Phi) is 6.87. The lowest BCUT2D eigenvalue weighted by Crippen LogP contribution is -2.43. The Morgan fingerprint density at radius 2 is 1.77 bits per heavy atom. The summed E-state index contributed by atoms with van der Waals surface area (Å²) in [7, 11) is 0. The Balaban J connectivity index is 1.35. The van der Waals surface area contributed by atoms with E-state index in [-0.39, 0.29) is 11.8 Å². The number of nitrogens with zero attached hydrogens (tertiary/aromatic N) is 3. The van der Waals surface area contributed by atoms with Crippen molar-refractivity contribution >= 4 is 23.6 Å². The van der Waals surface area contributed by atoms with Crippen LogP contribution in [0.5, 0.6) is 0 Å². The lowest BCUT2D eigenvalue weighted by molar-refractivity contribution is -0.125. The highest BCUT2D eigenvalue weighted by Crippen LogP contribution is 2.23. The first kappa shape index (κ1) is 21.4. The average molecular weight is 433 g/mol. The standard InChI is InChI=1S/C25H28N4OS/c1-18-5-9-20(10-6-18)22-15-27-25(28-16-22)29-13-3-4-21(17-29)24(30)26-14-19-7-11-23(31-2)12-8-19/h5-12,15-16,21H,3-4,13-14,17H2,1-2H3,(H,26,30)/t21-/m0/s1. The molecule has 1 amide bonds. The third-order valence-corrected chi connectivity index (χ3v) is 6.47. The smallest absolute Gasteiger partial charge is 0.225 e. The van der Waals surface area contributed by atoms with Gasteiger partial charge in [0.15, 0.2) is 0 Å². The summed E-state index contributed by atoms with van der Waals surface area (Å²) in [5.41, 5.74) is 4.46. The molecule has 3 aromatic rings. The van der Waals surface area contributed by atoms with Crippen LogP contribution in [-0.2, 0) is 11.3 Å². The number of anilines is 1. The first-order valence-corrected chi connectivity index (χ1v) is 11.9. The monoisotopic (exact) mass is 432 g/mol.